The fourth-order valence-corrected chi connectivity index (χ4v) is 4.09. The van der Waals surface area contributed by atoms with E-state index in [-0.39, 0.29) is 29.7 Å². The van der Waals surface area contributed by atoms with Gasteiger partial charge in [0.2, 0.25) is 0 Å². The Kier molecular flexibility index (Phi) is 4.92. The minimum Gasteiger partial charge on any atom is -0.366 e. The molecule has 32 heavy (non-hydrogen) atoms. The molecule has 2 bridgehead atoms. The Bertz CT molecular complexity index is 1160. The van der Waals surface area contributed by atoms with Gasteiger partial charge in [0.25, 0.3) is 5.91 Å². The number of pyridine rings is 2. The van der Waals surface area contributed by atoms with Crippen molar-refractivity contribution in [1.82, 2.24) is 30.5 Å². The smallest absolute Gasteiger partial charge is 0.329 e. The van der Waals surface area contributed by atoms with Crippen molar-refractivity contribution in [2.45, 2.75) is 32.4 Å². The predicted molar refractivity (Wildman–Crippen MR) is 119 cm³/mol. The molecule has 5 heterocycles. The van der Waals surface area contributed by atoms with E-state index < -0.39 is 0 Å². The lowest BCUT2D eigenvalue weighted by molar-refractivity contribution is 0.0938. The number of urea groups is 1. The Morgan fingerprint density at radius 1 is 1.22 bits per heavy atom. The number of fused-ring (bicyclic) bond motifs is 4. The normalized spacial score (nSPS) is 16.8. The highest BCUT2D eigenvalue weighted by molar-refractivity contribution is 6.05. The molecule has 0 radical (unpaired) electrons. The first-order chi connectivity index (χ1) is 15.5. The average Bonchev–Trinajstić information content (AvgIpc) is 3.44. The molecule has 3 N–H and O–H groups in total. The van der Waals surface area contributed by atoms with Gasteiger partial charge in [-0.3, -0.25) is 20.1 Å². The zero-order valence-corrected chi connectivity index (χ0v) is 17.7. The molecular weight excluding hydrogens is 410 g/mol. The molecule has 11 nitrogen and oxygen atoms in total. The zero-order chi connectivity index (χ0) is 22.2. The molecule has 0 spiro atoms. The predicted octanol–water partition coefficient (Wildman–Crippen LogP) is 2.03. The Morgan fingerprint density at radius 3 is 2.88 bits per heavy atom. The molecule has 2 aliphatic heterocycles. The number of carbonyl (C=O) groups is 2. The van der Waals surface area contributed by atoms with Crippen LogP contribution in [0.4, 0.5) is 22.1 Å². The fourth-order valence-electron chi connectivity index (χ4n) is 4.09. The van der Waals surface area contributed by atoms with Crippen molar-refractivity contribution in [2.24, 2.45) is 0 Å². The number of nitrogens with one attached hydrogen (secondary N) is 3. The van der Waals surface area contributed by atoms with Gasteiger partial charge in [-0.1, -0.05) is 0 Å². The number of anilines is 3. The largest absolute Gasteiger partial charge is 0.366 e. The number of amides is 3. The van der Waals surface area contributed by atoms with E-state index in [1.807, 2.05) is 19.9 Å². The van der Waals surface area contributed by atoms with Gasteiger partial charge >= 0.3 is 6.03 Å². The van der Waals surface area contributed by atoms with Gasteiger partial charge in [0.05, 0.1) is 11.7 Å². The quantitative estimate of drug-likeness (QED) is 0.573. The lowest BCUT2D eigenvalue weighted by Gasteiger charge is -2.35. The van der Waals surface area contributed by atoms with Gasteiger partial charge in [-0.2, -0.15) is 5.10 Å². The van der Waals surface area contributed by atoms with E-state index in [4.69, 9.17) is 0 Å². The van der Waals surface area contributed by atoms with Crippen LogP contribution in [0, 0.1) is 0 Å². The summed E-state index contributed by atoms with van der Waals surface area (Å²) in [5.41, 5.74) is 1.88. The Morgan fingerprint density at radius 2 is 2.09 bits per heavy atom. The first kappa shape index (κ1) is 19.9. The van der Waals surface area contributed by atoms with E-state index >= 15 is 0 Å². The highest BCUT2D eigenvalue weighted by Gasteiger charge is 2.40. The molecule has 1 fully saturated rings. The summed E-state index contributed by atoms with van der Waals surface area (Å²) >= 11 is 0. The third kappa shape index (κ3) is 3.61. The molecule has 3 amide bonds. The second kappa shape index (κ2) is 7.91. The number of hydrogen-bond acceptors (Lipinski definition) is 7. The molecule has 0 aliphatic carbocycles. The van der Waals surface area contributed by atoms with Crippen LogP contribution in [0.1, 0.15) is 30.8 Å². The van der Waals surface area contributed by atoms with Crippen LogP contribution >= 0.6 is 0 Å². The average molecular weight is 433 g/mol. The highest BCUT2D eigenvalue weighted by Crippen LogP contribution is 2.39. The van der Waals surface area contributed by atoms with E-state index in [1.54, 1.807) is 29.3 Å². The molecule has 0 saturated carbocycles. The van der Waals surface area contributed by atoms with E-state index in [0.717, 1.165) is 30.8 Å². The SMILES string of the molecule is CC(C)NC(=O)c1ccc2c(n1)N(C(=O)Nc1cc(-c3ncn[nH]3)ccn1)[C@H]1CCN2C1. The number of carbonyl (C=O) groups excluding carboxylic acids is 2. The monoisotopic (exact) mass is 433 g/mol. The standard InChI is InChI=1S/C21H23N9O2/c1-12(2)25-20(31)15-3-4-16-19(26-15)30(14-6-8-29(16)10-14)21(32)27-17-9-13(5-7-22-17)18-23-11-24-28-18/h3-5,7,9,11-12,14H,6,8,10H2,1-2H3,(H,25,31)(H,22,27,32)(H,23,24,28)/t14-/m0/s1. The van der Waals surface area contributed by atoms with Crippen molar-refractivity contribution in [3.63, 3.8) is 0 Å². The maximum absolute atomic E-state index is 13.4. The summed E-state index contributed by atoms with van der Waals surface area (Å²) in [4.78, 5) is 42.7. The van der Waals surface area contributed by atoms with E-state index in [1.165, 1.54) is 6.33 Å². The van der Waals surface area contributed by atoms with Gasteiger partial charge in [0.1, 0.15) is 17.8 Å². The van der Waals surface area contributed by atoms with E-state index in [0.29, 0.717) is 17.5 Å². The van der Waals surface area contributed by atoms with Gasteiger partial charge in [0, 0.05) is 30.9 Å². The summed E-state index contributed by atoms with van der Waals surface area (Å²) in [6.45, 7) is 5.34. The molecule has 1 atom stereocenters. The second-order valence-electron chi connectivity index (χ2n) is 8.12. The third-order valence-corrected chi connectivity index (χ3v) is 5.51. The number of rotatable bonds is 4. The molecule has 2 aliphatic rings. The maximum atomic E-state index is 13.4. The number of nitrogens with zero attached hydrogens (tertiary/aromatic N) is 6. The van der Waals surface area contributed by atoms with Crippen molar-refractivity contribution >= 4 is 29.3 Å². The van der Waals surface area contributed by atoms with Crippen molar-refractivity contribution in [3.8, 4) is 11.4 Å². The number of hydrogen-bond donors (Lipinski definition) is 3. The van der Waals surface area contributed by atoms with Crippen LogP contribution in [-0.2, 0) is 0 Å². The highest BCUT2D eigenvalue weighted by atomic mass is 16.2. The van der Waals surface area contributed by atoms with Crippen LogP contribution in [0.3, 0.4) is 0 Å². The van der Waals surface area contributed by atoms with Crippen LogP contribution in [-0.4, -0.2) is 62.3 Å². The third-order valence-electron chi connectivity index (χ3n) is 5.51. The summed E-state index contributed by atoms with van der Waals surface area (Å²) in [6.07, 6.45) is 3.84. The topological polar surface area (TPSA) is 132 Å². The zero-order valence-electron chi connectivity index (χ0n) is 17.7. The minimum atomic E-state index is -0.339. The Hall–Kier alpha value is -4.02. The Labute approximate surface area is 184 Å². The van der Waals surface area contributed by atoms with Gasteiger partial charge in [0.15, 0.2) is 11.6 Å². The van der Waals surface area contributed by atoms with Crippen LogP contribution in [0.2, 0.25) is 0 Å². The van der Waals surface area contributed by atoms with Crippen molar-refractivity contribution < 1.29 is 9.59 Å². The molecule has 164 valence electrons. The lowest BCUT2D eigenvalue weighted by atomic mass is 10.1. The van der Waals surface area contributed by atoms with E-state index in [9.17, 15) is 9.59 Å². The number of H-pyrrole nitrogens is 1. The summed E-state index contributed by atoms with van der Waals surface area (Å²) in [7, 11) is 0. The lowest BCUT2D eigenvalue weighted by Crippen LogP contribution is -2.48. The van der Waals surface area contributed by atoms with Crippen molar-refractivity contribution in [3.05, 3.63) is 42.5 Å². The van der Waals surface area contributed by atoms with Crippen LogP contribution in [0.15, 0.2) is 36.8 Å². The summed E-state index contributed by atoms with van der Waals surface area (Å²) in [5.74, 6) is 1.19. The van der Waals surface area contributed by atoms with Crippen molar-refractivity contribution in [1.29, 1.82) is 0 Å². The van der Waals surface area contributed by atoms with Gasteiger partial charge in [-0.15, -0.1) is 0 Å². The molecule has 1 saturated heterocycles. The molecule has 0 unspecified atom stereocenters. The van der Waals surface area contributed by atoms with Gasteiger partial charge < -0.3 is 10.2 Å². The van der Waals surface area contributed by atoms with Crippen LogP contribution in [0.25, 0.3) is 11.4 Å². The van der Waals surface area contributed by atoms with Crippen molar-refractivity contribution in [2.75, 3.05) is 28.2 Å². The van der Waals surface area contributed by atoms with Gasteiger partial charge in [-0.05, 0) is 44.5 Å². The number of aromatic amines is 1. The molecular formula is C21H23N9O2. The first-order valence-electron chi connectivity index (χ1n) is 10.5. The molecule has 5 rings (SSSR count). The minimum absolute atomic E-state index is 0.0117. The summed E-state index contributed by atoms with van der Waals surface area (Å²) < 4.78 is 0. The molecule has 3 aromatic rings. The first-order valence-corrected chi connectivity index (χ1v) is 10.5. The maximum Gasteiger partial charge on any atom is 0.329 e. The molecule has 3 aromatic heterocycles. The fraction of sp³-hybridized carbons (Fsp3) is 0.333. The molecule has 11 heteroatoms. The van der Waals surface area contributed by atoms with Crippen LogP contribution < -0.4 is 20.4 Å². The van der Waals surface area contributed by atoms with Crippen LogP contribution in [0.5, 0.6) is 0 Å². The summed E-state index contributed by atoms with van der Waals surface area (Å²) in [6, 6.07) is 6.69. The van der Waals surface area contributed by atoms with Gasteiger partial charge in [-0.25, -0.2) is 19.7 Å². The molecule has 0 aromatic carbocycles. The number of aromatic nitrogens is 5. The second-order valence-corrected chi connectivity index (χ2v) is 8.12. The Balaban J connectivity index is 1.44. The summed E-state index contributed by atoms with van der Waals surface area (Å²) in [5, 5.41) is 12.4. The van der Waals surface area contributed by atoms with E-state index in [2.05, 4.69) is 40.7 Å².